The molecule has 22 heavy (non-hydrogen) atoms. The first-order chi connectivity index (χ1) is 10.3. The highest BCUT2D eigenvalue weighted by molar-refractivity contribution is 7.99. The Bertz CT molecular complexity index is 492. The van der Waals surface area contributed by atoms with Gasteiger partial charge in [-0.15, -0.1) is 11.8 Å². The Kier molecular flexibility index (Phi) is 5.87. The van der Waals surface area contributed by atoms with Gasteiger partial charge in [0.05, 0.1) is 0 Å². The summed E-state index contributed by atoms with van der Waals surface area (Å²) in [6.07, 6.45) is 0.986. The second kappa shape index (κ2) is 7.47. The van der Waals surface area contributed by atoms with E-state index < -0.39 is 5.60 Å². The summed E-state index contributed by atoms with van der Waals surface area (Å²) in [6, 6.07) is 6.44. The van der Waals surface area contributed by atoms with Crippen molar-refractivity contribution in [1.82, 2.24) is 5.32 Å². The average molecular weight is 325 g/mol. The quantitative estimate of drug-likeness (QED) is 0.842. The molecule has 5 heteroatoms. The van der Waals surface area contributed by atoms with Crippen molar-refractivity contribution in [2.75, 3.05) is 13.1 Å². The van der Waals surface area contributed by atoms with Crippen molar-refractivity contribution in [3.05, 3.63) is 35.6 Å². The first-order valence-electron chi connectivity index (χ1n) is 7.65. The molecule has 1 fully saturated rings. The Morgan fingerprint density at radius 1 is 1.41 bits per heavy atom. The van der Waals surface area contributed by atoms with Crippen molar-refractivity contribution >= 4 is 17.7 Å². The van der Waals surface area contributed by atoms with Gasteiger partial charge in [0.15, 0.2) is 0 Å². The molecular weight excluding hydrogens is 301 g/mol. The summed E-state index contributed by atoms with van der Waals surface area (Å²) in [5.74, 6) is 0.590. The van der Waals surface area contributed by atoms with Crippen molar-refractivity contribution in [1.29, 1.82) is 0 Å². The van der Waals surface area contributed by atoms with E-state index in [2.05, 4.69) is 5.32 Å². The van der Waals surface area contributed by atoms with E-state index in [1.807, 2.05) is 20.8 Å². The maximum atomic E-state index is 13.0. The number of hydrogen-bond acceptors (Lipinski definition) is 4. The largest absolute Gasteiger partial charge is 0.459 e. The number of carbonyl (C=O) groups excluding carboxylic acids is 1. The Morgan fingerprint density at radius 3 is 2.64 bits per heavy atom. The van der Waals surface area contributed by atoms with Gasteiger partial charge in [0.2, 0.25) is 0 Å². The highest BCUT2D eigenvalue weighted by atomic mass is 32.2. The zero-order valence-corrected chi connectivity index (χ0v) is 14.2. The lowest BCUT2D eigenvalue weighted by molar-refractivity contribution is -0.155. The molecule has 0 spiro atoms. The highest BCUT2D eigenvalue weighted by Crippen LogP contribution is 2.30. The molecule has 1 N–H and O–H groups in total. The zero-order valence-electron chi connectivity index (χ0n) is 13.4. The first kappa shape index (κ1) is 17.3. The predicted molar refractivity (Wildman–Crippen MR) is 88.3 cm³/mol. The third-order valence-corrected chi connectivity index (χ3v) is 4.94. The molecule has 0 aromatic heterocycles. The molecule has 1 unspecified atom stereocenters. The molecule has 2 atom stereocenters. The number of hydrogen-bond donors (Lipinski definition) is 1. The number of esters is 1. The van der Waals surface area contributed by atoms with Gasteiger partial charge in [-0.25, -0.2) is 4.39 Å². The van der Waals surface area contributed by atoms with E-state index in [9.17, 15) is 9.18 Å². The van der Waals surface area contributed by atoms with Gasteiger partial charge in [-0.3, -0.25) is 4.79 Å². The van der Waals surface area contributed by atoms with Crippen LogP contribution in [0.25, 0.3) is 0 Å². The molecule has 1 aliphatic heterocycles. The van der Waals surface area contributed by atoms with Crippen molar-refractivity contribution in [3.8, 4) is 0 Å². The Hall–Kier alpha value is -1.07. The van der Waals surface area contributed by atoms with Crippen LogP contribution >= 0.6 is 11.8 Å². The lowest BCUT2D eigenvalue weighted by atomic mass is 10.0. The van der Waals surface area contributed by atoms with Gasteiger partial charge >= 0.3 is 5.97 Å². The van der Waals surface area contributed by atoms with E-state index in [0.29, 0.717) is 11.7 Å². The van der Waals surface area contributed by atoms with E-state index in [-0.39, 0.29) is 17.0 Å². The molecule has 1 aromatic rings. The van der Waals surface area contributed by atoms with Crippen molar-refractivity contribution in [2.45, 2.75) is 43.8 Å². The fourth-order valence-corrected chi connectivity index (χ4v) is 3.71. The second-order valence-electron chi connectivity index (χ2n) is 6.64. The van der Waals surface area contributed by atoms with Gasteiger partial charge in [-0.2, -0.15) is 0 Å². The van der Waals surface area contributed by atoms with Gasteiger partial charge in [-0.1, -0.05) is 12.1 Å². The smallest absolute Gasteiger partial charge is 0.319 e. The van der Waals surface area contributed by atoms with Gasteiger partial charge in [0.25, 0.3) is 0 Å². The molecule has 0 bridgehead atoms. The molecule has 1 heterocycles. The highest BCUT2D eigenvalue weighted by Gasteiger charge is 2.34. The third-order valence-electron chi connectivity index (χ3n) is 3.51. The van der Waals surface area contributed by atoms with Crippen LogP contribution in [-0.4, -0.2) is 29.9 Å². The Morgan fingerprint density at radius 2 is 2.09 bits per heavy atom. The maximum Gasteiger partial charge on any atom is 0.319 e. The zero-order chi connectivity index (χ0) is 16.2. The monoisotopic (exact) mass is 325 g/mol. The van der Waals surface area contributed by atoms with Crippen LogP contribution in [0.15, 0.2) is 24.3 Å². The number of benzene rings is 1. The van der Waals surface area contributed by atoms with Crippen molar-refractivity contribution in [3.63, 3.8) is 0 Å². The van der Waals surface area contributed by atoms with E-state index in [1.54, 1.807) is 23.9 Å². The molecule has 1 aliphatic rings. The Labute approximate surface area is 136 Å². The molecule has 1 aromatic carbocycles. The predicted octanol–water partition coefficient (Wildman–Crippen LogP) is 3.38. The number of ether oxygens (including phenoxy) is 1. The molecule has 3 nitrogen and oxygen atoms in total. The number of rotatable bonds is 5. The van der Waals surface area contributed by atoms with E-state index in [0.717, 1.165) is 25.1 Å². The summed E-state index contributed by atoms with van der Waals surface area (Å²) >= 11 is 1.59. The minimum atomic E-state index is -0.474. The maximum absolute atomic E-state index is 13.0. The summed E-state index contributed by atoms with van der Waals surface area (Å²) in [5.41, 5.74) is 0.545. The lowest BCUT2D eigenvalue weighted by Gasteiger charge is -2.26. The lowest BCUT2D eigenvalue weighted by Crippen LogP contribution is -2.35. The summed E-state index contributed by atoms with van der Waals surface area (Å²) in [5, 5.41) is 3.12. The molecular formula is C17H24FNO2S. The number of halogens is 1. The third kappa shape index (κ3) is 5.29. The summed E-state index contributed by atoms with van der Waals surface area (Å²) in [4.78, 5) is 12.5. The second-order valence-corrected chi connectivity index (χ2v) is 7.77. The minimum absolute atomic E-state index is 0.145. The minimum Gasteiger partial charge on any atom is -0.459 e. The number of thioether (sulfide) groups is 1. The fourth-order valence-electron chi connectivity index (χ4n) is 2.46. The number of carbonyl (C=O) groups is 1. The van der Waals surface area contributed by atoms with Crippen LogP contribution in [0.4, 0.5) is 4.39 Å². The SMILES string of the molecule is CC(C)(C)OC(=O)C(SCc1ccc(F)cc1)[C@@H]1CCNC1. The summed E-state index contributed by atoms with van der Waals surface area (Å²) < 4.78 is 18.5. The van der Waals surface area contributed by atoms with Crippen LogP contribution in [0, 0.1) is 11.7 Å². The number of nitrogens with one attached hydrogen (secondary N) is 1. The molecule has 1 saturated heterocycles. The van der Waals surface area contributed by atoms with Crippen LogP contribution in [0.3, 0.4) is 0 Å². The van der Waals surface area contributed by atoms with E-state index in [4.69, 9.17) is 4.74 Å². The van der Waals surface area contributed by atoms with Crippen LogP contribution in [0.5, 0.6) is 0 Å². The van der Waals surface area contributed by atoms with Gasteiger partial charge in [-0.05, 0) is 63.9 Å². The van der Waals surface area contributed by atoms with Crippen LogP contribution in [0.2, 0.25) is 0 Å². The van der Waals surface area contributed by atoms with Gasteiger partial charge in [0.1, 0.15) is 16.7 Å². The molecule has 122 valence electrons. The average Bonchev–Trinajstić information content (AvgIpc) is 2.93. The van der Waals surface area contributed by atoms with Gasteiger partial charge in [0, 0.05) is 5.75 Å². The van der Waals surface area contributed by atoms with E-state index in [1.165, 1.54) is 12.1 Å². The standard InChI is InChI=1S/C17H24FNO2S/c1-17(2,3)21-16(20)15(13-8-9-19-10-13)22-11-12-4-6-14(18)7-5-12/h4-7,13,15,19H,8-11H2,1-3H3/t13-,15?/m1/s1. The topological polar surface area (TPSA) is 38.3 Å². The van der Waals surface area contributed by atoms with Crippen molar-refractivity contribution in [2.24, 2.45) is 5.92 Å². The van der Waals surface area contributed by atoms with E-state index >= 15 is 0 Å². The molecule has 0 saturated carbocycles. The first-order valence-corrected chi connectivity index (χ1v) is 8.70. The van der Waals surface area contributed by atoms with Crippen molar-refractivity contribution < 1.29 is 13.9 Å². The molecule has 0 radical (unpaired) electrons. The summed E-state index contributed by atoms with van der Waals surface area (Å²) in [6.45, 7) is 7.46. The van der Waals surface area contributed by atoms with Crippen LogP contribution < -0.4 is 5.32 Å². The van der Waals surface area contributed by atoms with Crippen LogP contribution in [0.1, 0.15) is 32.8 Å². The summed E-state index contributed by atoms with van der Waals surface area (Å²) in [7, 11) is 0. The molecule has 2 rings (SSSR count). The normalized spacial score (nSPS) is 19.9. The molecule has 0 amide bonds. The Balaban J connectivity index is 2.00. The van der Waals surface area contributed by atoms with Gasteiger partial charge < -0.3 is 10.1 Å². The molecule has 0 aliphatic carbocycles. The fraction of sp³-hybridized carbons (Fsp3) is 0.588. The van der Waals surface area contributed by atoms with Crippen LogP contribution in [-0.2, 0) is 15.3 Å².